The summed E-state index contributed by atoms with van der Waals surface area (Å²) < 4.78 is 16.8. The second kappa shape index (κ2) is 55.2. The van der Waals surface area contributed by atoms with Crippen LogP contribution in [0.5, 0.6) is 0 Å². The largest absolute Gasteiger partial charge is 0.462 e. The van der Waals surface area contributed by atoms with Crippen LogP contribution in [0.25, 0.3) is 0 Å². The molecule has 1 atom stereocenters. The van der Waals surface area contributed by atoms with E-state index in [4.69, 9.17) is 14.2 Å². The van der Waals surface area contributed by atoms with Crippen LogP contribution in [0.15, 0.2) is 85.1 Å². The molecule has 0 fully saturated rings. The first-order chi connectivity index (χ1) is 33.0. The molecule has 0 aliphatic rings. The molecule has 0 aliphatic carbocycles. The summed E-state index contributed by atoms with van der Waals surface area (Å²) >= 11 is 0. The predicted molar refractivity (Wildman–Crippen MR) is 288 cm³/mol. The molecule has 0 aliphatic heterocycles. The molecule has 0 saturated carbocycles. The maximum Gasteiger partial charge on any atom is 0.306 e. The van der Waals surface area contributed by atoms with Gasteiger partial charge in [-0.1, -0.05) is 241 Å². The van der Waals surface area contributed by atoms with E-state index in [9.17, 15) is 14.4 Å². The Labute approximate surface area is 414 Å². The number of hydrogen-bond donors (Lipinski definition) is 0. The average molecular weight is 933 g/mol. The molecule has 384 valence electrons. The zero-order valence-corrected chi connectivity index (χ0v) is 43.9. The van der Waals surface area contributed by atoms with Crippen LogP contribution in [-0.2, 0) is 28.6 Å². The van der Waals surface area contributed by atoms with Crippen molar-refractivity contribution in [2.75, 3.05) is 13.2 Å². The monoisotopic (exact) mass is 933 g/mol. The Morgan fingerprint density at radius 1 is 0.299 bits per heavy atom. The molecule has 6 nitrogen and oxygen atoms in total. The Balaban J connectivity index is 4.46. The number of esters is 3. The molecule has 0 aromatic heterocycles. The fraction of sp³-hybridized carbons (Fsp3) is 0.721. The van der Waals surface area contributed by atoms with Crippen molar-refractivity contribution in [1.29, 1.82) is 0 Å². The topological polar surface area (TPSA) is 78.9 Å². The van der Waals surface area contributed by atoms with E-state index in [1.165, 1.54) is 128 Å². The highest BCUT2D eigenvalue weighted by atomic mass is 16.6. The van der Waals surface area contributed by atoms with Crippen LogP contribution < -0.4 is 0 Å². The summed E-state index contributed by atoms with van der Waals surface area (Å²) in [6.07, 6.45) is 71.3. The molecule has 0 aromatic rings. The SMILES string of the molecule is CCC\C=C/C=C\C=C/C=C\C=C/CCCCCCCC(=O)OCC(COC(=O)CCCCCCCCC/C=C\CCCCCC)OC(=O)CCCCCCC/C=C\CCCCCCCCC. The number of allylic oxidation sites excluding steroid dienone is 14. The molecule has 0 radical (unpaired) electrons. The summed E-state index contributed by atoms with van der Waals surface area (Å²) in [6.45, 7) is 6.51. The lowest BCUT2D eigenvalue weighted by atomic mass is 10.1. The third kappa shape index (κ3) is 53.4. The molecule has 67 heavy (non-hydrogen) atoms. The van der Waals surface area contributed by atoms with Gasteiger partial charge < -0.3 is 14.2 Å². The van der Waals surface area contributed by atoms with Gasteiger partial charge >= 0.3 is 17.9 Å². The van der Waals surface area contributed by atoms with E-state index < -0.39 is 6.10 Å². The molecule has 6 heteroatoms. The Morgan fingerprint density at radius 2 is 0.582 bits per heavy atom. The predicted octanol–water partition coefficient (Wildman–Crippen LogP) is 18.8. The number of ether oxygens (including phenoxy) is 3. The molecule has 0 heterocycles. The van der Waals surface area contributed by atoms with Crippen LogP contribution in [-0.4, -0.2) is 37.2 Å². The van der Waals surface area contributed by atoms with Gasteiger partial charge in [0.15, 0.2) is 6.10 Å². The fourth-order valence-corrected chi connectivity index (χ4v) is 7.70. The maximum absolute atomic E-state index is 12.8. The summed E-state index contributed by atoms with van der Waals surface area (Å²) in [5.74, 6) is -0.924. The van der Waals surface area contributed by atoms with Crippen LogP contribution in [0.2, 0.25) is 0 Å². The summed E-state index contributed by atoms with van der Waals surface area (Å²) in [5, 5.41) is 0. The minimum atomic E-state index is -0.794. The molecule has 1 unspecified atom stereocenters. The highest BCUT2D eigenvalue weighted by Gasteiger charge is 2.19. The average Bonchev–Trinajstić information content (AvgIpc) is 3.33. The van der Waals surface area contributed by atoms with Crippen molar-refractivity contribution < 1.29 is 28.6 Å². The normalized spacial score (nSPS) is 12.7. The van der Waals surface area contributed by atoms with Gasteiger partial charge in [-0.05, 0) is 89.9 Å². The smallest absolute Gasteiger partial charge is 0.306 e. The van der Waals surface area contributed by atoms with Crippen molar-refractivity contribution in [2.24, 2.45) is 0 Å². The van der Waals surface area contributed by atoms with Crippen molar-refractivity contribution in [3.8, 4) is 0 Å². The van der Waals surface area contributed by atoms with Crippen LogP contribution >= 0.6 is 0 Å². The van der Waals surface area contributed by atoms with Crippen molar-refractivity contribution in [2.45, 2.75) is 271 Å². The Morgan fingerprint density at radius 3 is 0.955 bits per heavy atom. The molecular formula is C61H104O6. The number of carbonyl (C=O) groups excluding carboxylic acids is 3. The Hall–Kier alpha value is -3.41. The first-order valence-electron chi connectivity index (χ1n) is 28.2. The fourth-order valence-electron chi connectivity index (χ4n) is 7.70. The van der Waals surface area contributed by atoms with Gasteiger partial charge in [-0.25, -0.2) is 0 Å². The van der Waals surface area contributed by atoms with Gasteiger partial charge in [0.25, 0.3) is 0 Å². The summed E-state index contributed by atoms with van der Waals surface area (Å²) in [5.41, 5.74) is 0. The van der Waals surface area contributed by atoms with E-state index >= 15 is 0 Å². The van der Waals surface area contributed by atoms with Crippen LogP contribution in [0.1, 0.15) is 265 Å². The van der Waals surface area contributed by atoms with Gasteiger partial charge in [0.1, 0.15) is 13.2 Å². The van der Waals surface area contributed by atoms with E-state index in [2.05, 4.69) is 81.5 Å². The minimum absolute atomic E-state index is 0.0905. The molecular weight excluding hydrogens is 829 g/mol. The van der Waals surface area contributed by atoms with Gasteiger partial charge in [0.2, 0.25) is 0 Å². The van der Waals surface area contributed by atoms with Crippen molar-refractivity contribution in [3.05, 3.63) is 85.1 Å². The molecule has 0 saturated heterocycles. The molecule has 0 aromatic carbocycles. The Kier molecular flexibility index (Phi) is 52.4. The number of unbranched alkanes of at least 4 members (excludes halogenated alkanes) is 29. The van der Waals surface area contributed by atoms with Crippen molar-refractivity contribution >= 4 is 17.9 Å². The van der Waals surface area contributed by atoms with E-state index in [1.54, 1.807) is 0 Å². The highest BCUT2D eigenvalue weighted by molar-refractivity contribution is 5.71. The van der Waals surface area contributed by atoms with E-state index in [1.807, 2.05) is 24.3 Å². The first kappa shape index (κ1) is 63.6. The maximum atomic E-state index is 12.8. The summed E-state index contributed by atoms with van der Waals surface area (Å²) in [7, 11) is 0. The van der Waals surface area contributed by atoms with Crippen LogP contribution in [0.4, 0.5) is 0 Å². The van der Waals surface area contributed by atoms with Gasteiger partial charge in [-0.2, -0.15) is 0 Å². The molecule has 0 rings (SSSR count). The van der Waals surface area contributed by atoms with E-state index in [-0.39, 0.29) is 31.1 Å². The molecule has 0 amide bonds. The molecule has 0 N–H and O–H groups in total. The van der Waals surface area contributed by atoms with Gasteiger partial charge in [-0.3, -0.25) is 14.4 Å². The quantitative estimate of drug-likeness (QED) is 0.0199. The lowest BCUT2D eigenvalue weighted by molar-refractivity contribution is -0.167. The summed E-state index contributed by atoms with van der Waals surface area (Å²) in [4.78, 5) is 38.1. The minimum Gasteiger partial charge on any atom is -0.462 e. The molecule has 0 bridgehead atoms. The van der Waals surface area contributed by atoms with Crippen LogP contribution in [0.3, 0.4) is 0 Å². The third-order valence-corrected chi connectivity index (χ3v) is 12.0. The Bertz CT molecular complexity index is 1300. The van der Waals surface area contributed by atoms with Crippen molar-refractivity contribution in [1.82, 2.24) is 0 Å². The second-order valence-electron chi connectivity index (χ2n) is 18.6. The zero-order chi connectivity index (χ0) is 48.6. The molecule has 0 spiro atoms. The second-order valence-corrected chi connectivity index (χ2v) is 18.6. The lowest BCUT2D eigenvalue weighted by Crippen LogP contribution is -2.30. The number of carbonyl (C=O) groups is 3. The number of hydrogen-bond acceptors (Lipinski definition) is 6. The van der Waals surface area contributed by atoms with Gasteiger partial charge in [0, 0.05) is 19.3 Å². The highest BCUT2D eigenvalue weighted by Crippen LogP contribution is 2.15. The summed E-state index contributed by atoms with van der Waals surface area (Å²) in [6, 6.07) is 0. The van der Waals surface area contributed by atoms with E-state index in [0.29, 0.717) is 19.3 Å². The van der Waals surface area contributed by atoms with Gasteiger partial charge in [-0.15, -0.1) is 0 Å². The van der Waals surface area contributed by atoms with Gasteiger partial charge in [0.05, 0.1) is 0 Å². The zero-order valence-electron chi connectivity index (χ0n) is 43.9. The lowest BCUT2D eigenvalue weighted by Gasteiger charge is -2.18. The van der Waals surface area contributed by atoms with Crippen molar-refractivity contribution in [3.63, 3.8) is 0 Å². The van der Waals surface area contributed by atoms with E-state index in [0.717, 1.165) is 96.3 Å². The first-order valence-corrected chi connectivity index (χ1v) is 28.2. The standard InChI is InChI=1S/C61H104O6/c1-4-7-10-13-16-19-22-25-28-30-31-34-36-39-42-45-48-51-54-60(63)66-57-58(56-65-59(62)53-50-47-44-41-38-35-32-27-24-21-18-15-12-9-6-3)67-61(64)55-52-49-46-43-40-37-33-29-26-23-20-17-14-11-8-5-2/h10,13,16,19,21-22,24-25,28-31,33-34,58H,4-9,11-12,14-15,17-18,20,23,26-27,32,35-57H2,1-3H3/b13-10-,19-16-,24-21-,25-22-,30-28-,33-29-,34-31-. The third-order valence-electron chi connectivity index (χ3n) is 12.0. The number of rotatable bonds is 50. The van der Waals surface area contributed by atoms with Crippen LogP contribution in [0, 0.1) is 0 Å².